The third kappa shape index (κ3) is 2.01. The molecule has 0 radical (unpaired) electrons. The lowest BCUT2D eigenvalue weighted by Crippen LogP contribution is -2.35. The van der Waals surface area contributed by atoms with Crippen LogP contribution in [0.1, 0.15) is 20.9 Å². The molecule has 2 aromatic heterocycles. The molecule has 21 heavy (non-hydrogen) atoms. The molecule has 0 fully saturated rings. The van der Waals surface area contributed by atoms with E-state index in [9.17, 15) is 9.18 Å². The zero-order chi connectivity index (χ0) is 14.4. The molecule has 0 aliphatic carbocycles. The summed E-state index contributed by atoms with van der Waals surface area (Å²) in [4.78, 5) is 20.4. The quantitative estimate of drug-likeness (QED) is 0.692. The molecule has 0 bridgehead atoms. The normalized spacial score (nSPS) is 14.4. The Balaban J connectivity index is 1.62. The predicted octanol–water partition coefficient (Wildman–Crippen LogP) is 2.13. The first-order valence-electron chi connectivity index (χ1n) is 6.57. The summed E-state index contributed by atoms with van der Waals surface area (Å²) in [5.74, 6) is -0.405. The number of fused-ring (bicyclic) bond motifs is 3. The van der Waals surface area contributed by atoms with E-state index in [-0.39, 0.29) is 11.7 Å². The Bertz CT molecular complexity index is 823. The van der Waals surface area contributed by atoms with Gasteiger partial charge in [0.15, 0.2) is 0 Å². The number of carbonyl (C=O) groups is 1. The van der Waals surface area contributed by atoms with E-state index in [1.165, 1.54) is 24.3 Å². The molecule has 0 saturated heterocycles. The van der Waals surface area contributed by atoms with Crippen LogP contribution >= 0.6 is 11.3 Å². The van der Waals surface area contributed by atoms with Crippen molar-refractivity contribution >= 4 is 22.2 Å². The average molecular weight is 302 g/mol. The molecular formula is C14H11FN4OS. The molecule has 0 atom stereocenters. The SMILES string of the molecule is O=C(c1ccc(F)cc1)N1CCc2c(sc3ncnn23)C1. The first kappa shape index (κ1) is 12.5. The topological polar surface area (TPSA) is 50.5 Å². The number of benzene rings is 1. The zero-order valence-corrected chi connectivity index (χ0v) is 11.8. The Morgan fingerprint density at radius 3 is 2.90 bits per heavy atom. The number of hydrogen-bond acceptors (Lipinski definition) is 4. The van der Waals surface area contributed by atoms with Gasteiger partial charge in [-0.15, -0.1) is 0 Å². The van der Waals surface area contributed by atoms with Crippen LogP contribution in [-0.2, 0) is 13.0 Å². The lowest BCUT2D eigenvalue weighted by atomic mass is 10.1. The Hall–Kier alpha value is -2.28. The highest BCUT2D eigenvalue weighted by molar-refractivity contribution is 7.17. The molecular weight excluding hydrogens is 291 g/mol. The van der Waals surface area contributed by atoms with Crippen LogP contribution in [0, 0.1) is 5.82 Å². The van der Waals surface area contributed by atoms with Crippen LogP contribution in [0.15, 0.2) is 30.6 Å². The van der Waals surface area contributed by atoms with E-state index in [1.54, 1.807) is 22.6 Å². The summed E-state index contributed by atoms with van der Waals surface area (Å²) >= 11 is 1.56. The van der Waals surface area contributed by atoms with Crippen molar-refractivity contribution in [2.24, 2.45) is 0 Å². The van der Waals surface area contributed by atoms with Gasteiger partial charge >= 0.3 is 0 Å². The largest absolute Gasteiger partial charge is 0.333 e. The van der Waals surface area contributed by atoms with E-state index in [0.717, 1.165) is 22.0 Å². The van der Waals surface area contributed by atoms with Crippen molar-refractivity contribution in [1.29, 1.82) is 0 Å². The molecule has 0 N–H and O–H groups in total. The average Bonchev–Trinajstić information content (AvgIpc) is 3.07. The summed E-state index contributed by atoms with van der Waals surface area (Å²) in [6.07, 6.45) is 2.30. The van der Waals surface area contributed by atoms with Gasteiger partial charge in [0.05, 0.1) is 12.2 Å². The highest BCUT2D eigenvalue weighted by atomic mass is 32.1. The van der Waals surface area contributed by atoms with Crippen molar-refractivity contribution in [2.45, 2.75) is 13.0 Å². The smallest absolute Gasteiger partial charge is 0.254 e. The van der Waals surface area contributed by atoms with Gasteiger partial charge in [0.25, 0.3) is 5.91 Å². The number of rotatable bonds is 1. The number of thiazole rings is 1. The molecule has 1 aliphatic rings. The maximum absolute atomic E-state index is 12.9. The van der Waals surface area contributed by atoms with Crippen LogP contribution in [0.5, 0.6) is 0 Å². The van der Waals surface area contributed by atoms with Gasteiger partial charge in [-0.3, -0.25) is 4.79 Å². The molecule has 7 heteroatoms. The van der Waals surface area contributed by atoms with Crippen molar-refractivity contribution in [3.8, 4) is 0 Å². The van der Waals surface area contributed by atoms with Crippen LogP contribution in [0.4, 0.5) is 4.39 Å². The van der Waals surface area contributed by atoms with Gasteiger partial charge < -0.3 is 4.90 Å². The number of amides is 1. The Morgan fingerprint density at radius 2 is 2.10 bits per heavy atom. The highest BCUT2D eigenvalue weighted by Gasteiger charge is 2.25. The van der Waals surface area contributed by atoms with Crippen molar-refractivity contribution in [3.05, 3.63) is 52.5 Å². The lowest BCUT2D eigenvalue weighted by molar-refractivity contribution is 0.0735. The molecule has 3 heterocycles. The minimum atomic E-state index is -0.335. The molecule has 1 aromatic carbocycles. The number of nitrogens with zero attached hydrogens (tertiary/aromatic N) is 4. The molecule has 106 valence electrons. The third-order valence-electron chi connectivity index (χ3n) is 3.64. The maximum atomic E-state index is 12.9. The first-order valence-corrected chi connectivity index (χ1v) is 7.39. The second-order valence-electron chi connectivity index (χ2n) is 4.91. The van der Waals surface area contributed by atoms with E-state index in [2.05, 4.69) is 10.1 Å². The van der Waals surface area contributed by atoms with E-state index >= 15 is 0 Å². The van der Waals surface area contributed by atoms with Crippen molar-refractivity contribution < 1.29 is 9.18 Å². The van der Waals surface area contributed by atoms with Gasteiger partial charge in [0, 0.05) is 23.4 Å². The molecule has 0 saturated carbocycles. The molecule has 1 amide bonds. The van der Waals surface area contributed by atoms with Gasteiger partial charge in [-0.25, -0.2) is 13.9 Å². The molecule has 5 nitrogen and oxygen atoms in total. The number of carbonyl (C=O) groups excluding carboxylic acids is 1. The summed E-state index contributed by atoms with van der Waals surface area (Å²) in [6, 6.07) is 5.67. The molecule has 0 unspecified atom stereocenters. The fourth-order valence-electron chi connectivity index (χ4n) is 2.58. The van der Waals surface area contributed by atoms with Crippen LogP contribution in [0.25, 0.3) is 4.96 Å². The van der Waals surface area contributed by atoms with Gasteiger partial charge in [-0.05, 0) is 24.3 Å². The van der Waals surface area contributed by atoms with Gasteiger partial charge in [-0.1, -0.05) is 11.3 Å². The molecule has 1 aliphatic heterocycles. The second kappa shape index (κ2) is 4.63. The minimum Gasteiger partial charge on any atom is -0.333 e. The van der Waals surface area contributed by atoms with Gasteiger partial charge in [0.1, 0.15) is 12.1 Å². The van der Waals surface area contributed by atoms with Crippen molar-refractivity contribution in [1.82, 2.24) is 19.5 Å². The van der Waals surface area contributed by atoms with E-state index in [0.29, 0.717) is 18.7 Å². The van der Waals surface area contributed by atoms with E-state index in [1.807, 2.05) is 4.52 Å². The lowest BCUT2D eigenvalue weighted by Gasteiger charge is -2.26. The minimum absolute atomic E-state index is 0.0698. The Morgan fingerprint density at radius 1 is 1.29 bits per heavy atom. The molecule has 3 aromatic rings. The van der Waals surface area contributed by atoms with Crippen molar-refractivity contribution in [3.63, 3.8) is 0 Å². The maximum Gasteiger partial charge on any atom is 0.254 e. The van der Waals surface area contributed by atoms with Crippen LogP contribution < -0.4 is 0 Å². The summed E-state index contributed by atoms with van der Waals surface area (Å²) in [5, 5.41) is 4.20. The first-order chi connectivity index (χ1) is 10.2. The number of aromatic nitrogens is 3. The van der Waals surface area contributed by atoms with E-state index < -0.39 is 0 Å². The number of hydrogen-bond donors (Lipinski definition) is 0. The fourth-order valence-corrected chi connectivity index (χ4v) is 3.67. The Labute approximate surface area is 123 Å². The van der Waals surface area contributed by atoms with Gasteiger partial charge in [0.2, 0.25) is 4.96 Å². The van der Waals surface area contributed by atoms with Gasteiger partial charge in [-0.2, -0.15) is 5.10 Å². The highest BCUT2D eigenvalue weighted by Crippen LogP contribution is 2.27. The van der Waals surface area contributed by atoms with Crippen LogP contribution in [0.2, 0.25) is 0 Å². The number of halogens is 1. The predicted molar refractivity (Wildman–Crippen MR) is 75.7 cm³/mol. The van der Waals surface area contributed by atoms with Crippen molar-refractivity contribution in [2.75, 3.05) is 6.54 Å². The third-order valence-corrected chi connectivity index (χ3v) is 4.71. The summed E-state index contributed by atoms with van der Waals surface area (Å²) in [7, 11) is 0. The van der Waals surface area contributed by atoms with E-state index in [4.69, 9.17) is 0 Å². The summed E-state index contributed by atoms with van der Waals surface area (Å²) in [5.41, 5.74) is 1.65. The fraction of sp³-hybridized carbons (Fsp3) is 0.214. The molecule has 4 rings (SSSR count). The Kier molecular flexibility index (Phi) is 2.75. The second-order valence-corrected chi connectivity index (χ2v) is 5.97. The standard InChI is InChI=1S/C14H11FN4OS/c15-10-3-1-9(2-4-10)13(20)18-6-5-11-12(7-18)21-14-16-8-17-19(11)14/h1-4,8H,5-7H2. The van der Waals surface area contributed by atoms with Crippen LogP contribution in [-0.4, -0.2) is 31.9 Å². The van der Waals surface area contributed by atoms with Crippen LogP contribution in [0.3, 0.4) is 0 Å². The monoisotopic (exact) mass is 302 g/mol. The molecule has 0 spiro atoms. The summed E-state index contributed by atoms with van der Waals surface area (Å²) < 4.78 is 14.8. The summed E-state index contributed by atoms with van der Waals surface area (Å²) in [6.45, 7) is 1.19. The zero-order valence-electron chi connectivity index (χ0n) is 11.0.